The van der Waals surface area contributed by atoms with Crippen LogP contribution in [0.15, 0.2) is 133 Å². The quantitative estimate of drug-likeness (QED) is 0.107. The van der Waals surface area contributed by atoms with Gasteiger partial charge in [-0.05, 0) is 63.8 Å². The van der Waals surface area contributed by atoms with Crippen molar-refractivity contribution in [1.29, 1.82) is 0 Å². The van der Waals surface area contributed by atoms with Crippen molar-refractivity contribution in [3.63, 3.8) is 0 Å². The van der Waals surface area contributed by atoms with E-state index in [-0.39, 0.29) is 11.6 Å². The summed E-state index contributed by atoms with van der Waals surface area (Å²) in [6.45, 7) is 12.1. The third-order valence-electron chi connectivity index (χ3n) is 8.69. The minimum atomic E-state index is -1.51. The van der Waals surface area contributed by atoms with Gasteiger partial charge in [-0.2, -0.15) is 0 Å². The number of carbonyl (C=O) groups excluding carboxylic acids is 2. The van der Waals surface area contributed by atoms with Crippen molar-refractivity contribution in [3.8, 4) is 0 Å². The standard InChI is InChI=1S/C44H40O3P2/c1-29-25-31(3)41(32(4)26-29)43(45)37-21-13-15-23-39(37)48(35-17-9-7-10-18-35)47-49(36-19-11-8-12-20-36)40-24-16-14-22-38(40)44(46)42-33(5)27-30(2)28-34(42)6/h7-28H,1-6H3. The van der Waals surface area contributed by atoms with Gasteiger partial charge >= 0.3 is 0 Å². The van der Waals surface area contributed by atoms with E-state index >= 15 is 0 Å². The highest BCUT2D eigenvalue weighted by molar-refractivity contribution is 7.80. The molecule has 0 aromatic heterocycles. The molecule has 0 heterocycles. The fourth-order valence-corrected chi connectivity index (χ4v) is 11.5. The van der Waals surface area contributed by atoms with Gasteiger partial charge in [-0.1, -0.05) is 145 Å². The second-order valence-corrected chi connectivity index (χ2v) is 16.4. The van der Waals surface area contributed by atoms with Crippen LogP contribution in [0, 0.1) is 41.5 Å². The first-order chi connectivity index (χ1) is 23.6. The van der Waals surface area contributed by atoms with E-state index in [1.807, 2.05) is 113 Å². The number of hydrogen-bond acceptors (Lipinski definition) is 3. The molecule has 0 amide bonds. The van der Waals surface area contributed by atoms with Crippen LogP contribution in [-0.4, -0.2) is 11.6 Å². The Labute approximate surface area is 292 Å². The molecule has 244 valence electrons. The Hall–Kier alpha value is -4.52. The number of benzene rings is 6. The van der Waals surface area contributed by atoms with Crippen LogP contribution >= 0.6 is 16.3 Å². The molecule has 0 bridgehead atoms. The van der Waals surface area contributed by atoms with Crippen molar-refractivity contribution in [1.82, 2.24) is 0 Å². The van der Waals surface area contributed by atoms with E-state index < -0.39 is 16.3 Å². The van der Waals surface area contributed by atoms with E-state index in [4.69, 9.17) is 4.31 Å². The van der Waals surface area contributed by atoms with Crippen LogP contribution in [0.3, 0.4) is 0 Å². The summed E-state index contributed by atoms with van der Waals surface area (Å²) in [7, 11) is -3.03. The first-order valence-corrected chi connectivity index (χ1v) is 19.0. The van der Waals surface area contributed by atoms with Gasteiger partial charge in [0.25, 0.3) is 0 Å². The van der Waals surface area contributed by atoms with E-state index in [2.05, 4.69) is 62.4 Å². The molecule has 2 atom stereocenters. The van der Waals surface area contributed by atoms with E-state index in [1.165, 1.54) is 0 Å². The molecule has 5 heteroatoms. The van der Waals surface area contributed by atoms with Crippen molar-refractivity contribution >= 4 is 49.1 Å². The van der Waals surface area contributed by atoms with Crippen molar-refractivity contribution < 1.29 is 13.9 Å². The lowest BCUT2D eigenvalue weighted by Gasteiger charge is -2.28. The predicted octanol–water partition coefficient (Wildman–Crippen LogP) is 9.41. The van der Waals surface area contributed by atoms with Crippen LogP contribution in [0.25, 0.3) is 0 Å². The maximum Gasteiger partial charge on any atom is 0.194 e. The molecule has 0 aliphatic rings. The largest absolute Gasteiger partial charge is 0.318 e. The molecule has 0 saturated heterocycles. The highest BCUT2D eigenvalue weighted by Crippen LogP contribution is 2.52. The van der Waals surface area contributed by atoms with E-state index in [0.717, 1.165) is 65.7 Å². The average molecular weight is 679 g/mol. The molecule has 0 spiro atoms. The molecule has 0 radical (unpaired) electrons. The van der Waals surface area contributed by atoms with Gasteiger partial charge in [0.1, 0.15) is 0 Å². The lowest BCUT2D eigenvalue weighted by atomic mass is 9.93. The Bertz CT molecular complexity index is 1950. The number of rotatable bonds is 10. The number of aryl methyl sites for hydroxylation is 6. The summed E-state index contributed by atoms with van der Waals surface area (Å²) < 4.78 is 7.43. The minimum Gasteiger partial charge on any atom is -0.318 e. The summed E-state index contributed by atoms with van der Waals surface area (Å²) in [5.41, 5.74) is 8.82. The maximum atomic E-state index is 14.5. The van der Waals surface area contributed by atoms with Gasteiger partial charge in [0.15, 0.2) is 11.6 Å². The zero-order chi connectivity index (χ0) is 34.7. The Morgan fingerprint density at radius 3 is 1.08 bits per heavy atom. The summed E-state index contributed by atoms with van der Waals surface area (Å²) in [5, 5.41) is 3.69. The van der Waals surface area contributed by atoms with Crippen LogP contribution in [0.5, 0.6) is 0 Å². The summed E-state index contributed by atoms with van der Waals surface area (Å²) in [6.07, 6.45) is 0. The second kappa shape index (κ2) is 14.9. The van der Waals surface area contributed by atoms with E-state index in [9.17, 15) is 9.59 Å². The molecule has 0 fully saturated rings. The fourth-order valence-electron chi connectivity index (χ4n) is 6.70. The predicted molar refractivity (Wildman–Crippen MR) is 207 cm³/mol. The Kier molecular flexibility index (Phi) is 10.5. The zero-order valence-corrected chi connectivity index (χ0v) is 30.6. The molecule has 0 saturated carbocycles. The second-order valence-electron chi connectivity index (χ2n) is 12.6. The zero-order valence-electron chi connectivity index (χ0n) is 28.8. The summed E-state index contributed by atoms with van der Waals surface area (Å²) in [5.74, 6) is -0.0230. The molecule has 0 aliphatic carbocycles. The SMILES string of the molecule is Cc1cc(C)c(C(=O)c2ccccc2P(OP(c2ccccc2)c2ccccc2C(=O)c2c(C)cc(C)cc2C)c2ccccc2)c(C)c1. The van der Waals surface area contributed by atoms with Crippen molar-refractivity contribution in [2.45, 2.75) is 41.5 Å². The molecule has 0 aliphatic heterocycles. The molecular formula is C44H40O3P2. The van der Waals surface area contributed by atoms with Crippen LogP contribution < -0.4 is 21.2 Å². The third-order valence-corrected chi connectivity index (χ3v) is 13.2. The number of hydrogen-bond donors (Lipinski definition) is 0. The lowest BCUT2D eigenvalue weighted by molar-refractivity contribution is 0.103. The first kappa shape index (κ1) is 34.3. The third kappa shape index (κ3) is 7.26. The molecule has 6 rings (SSSR count). The maximum absolute atomic E-state index is 14.5. The molecule has 2 unspecified atom stereocenters. The van der Waals surface area contributed by atoms with Crippen molar-refractivity contribution in [2.24, 2.45) is 0 Å². The fraction of sp³-hybridized carbons (Fsp3) is 0.136. The molecule has 6 aromatic carbocycles. The first-order valence-electron chi connectivity index (χ1n) is 16.5. The molecule has 49 heavy (non-hydrogen) atoms. The highest BCUT2D eigenvalue weighted by Gasteiger charge is 2.31. The van der Waals surface area contributed by atoms with E-state index in [0.29, 0.717) is 11.1 Å². The van der Waals surface area contributed by atoms with Gasteiger partial charge in [-0.25, -0.2) is 0 Å². The van der Waals surface area contributed by atoms with Crippen LogP contribution in [0.1, 0.15) is 65.2 Å². The topological polar surface area (TPSA) is 43.4 Å². The van der Waals surface area contributed by atoms with Gasteiger partial charge in [-0.15, -0.1) is 0 Å². The van der Waals surface area contributed by atoms with Crippen LogP contribution in [-0.2, 0) is 4.31 Å². The minimum absolute atomic E-state index is 0.0115. The van der Waals surface area contributed by atoms with Crippen molar-refractivity contribution in [2.75, 3.05) is 0 Å². The van der Waals surface area contributed by atoms with Crippen LogP contribution in [0.4, 0.5) is 0 Å². The number of carbonyl (C=O) groups is 2. The Morgan fingerprint density at radius 2 is 0.735 bits per heavy atom. The summed E-state index contributed by atoms with van der Waals surface area (Å²) in [6, 6.07) is 44.3. The monoisotopic (exact) mass is 678 g/mol. The molecule has 0 N–H and O–H groups in total. The van der Waals surface area contributed by atoms with Crippen molar-refractivity contribution in [3.05, 3.63) is 189 Å². The molecule has 3 nitrogen and oxygen atoms in total. The average Bonchev–Trinajstić information content (AvgIpc) is 3.08. The summed E-state index contributed by atoms with van der Waals surface area (Å²) >= 11 is 0. The van der Waals surface area contributed by atoms with E-state index in [1.54, 1.807) is 0 Å². The van der Waals surface area contributed by atoms with Gasteiger partial charge < -0.3 is 4.31 Å². The number of ketones is 2. The van der Waals surface area contributed by atoms with Gasteiger partial charge in [0.2, 0.25) is 0 Å². The Balaban J connectivity index is 1.53. The van der Waals surface area contributed by atoms with Gasteiger partial charge in [0, 0.05) is 43.5 Å². The Morgan fingerprint density at radius 1 is 0.429 bits per heavy atom. The van der Waals surface area contributed by atoms with Crippen LogP contribution in [0.2, 0.25) is 0 Å². The van der Waals surface area contributed by atoms with Gasteiger partial charge in [0.05, 0.1) is 16.3 Å². The van der Waals surface area contributed by atoms with Gasteiger partial charge in [-0.3, -0.25) is 9.59 Å². The molecule has 6 aromatic rings. The lowest BCUT2D eigenvalue weighted by Crippen LogP contribution is -2.25. The molecular weight excluding hydrogens is 638 g/mol. The normalized spacial score (nSPS) is 12.4. The smallest absolute Gasteiger partial charge is 0.194 e. The highest BCUT2D eigenvalue weighted by atomic mass is 31.2. The summed E-state index contributed by atoms with van der Waals surface area (Å²) in [4.78, 5) is 29.0.